The zero-order chi connectivity index (χ0) is 20.2. The summed E-state index contributed by atoms with van der Waals surface area (Å²) in [6.45, 7) is 5.98. The zero-order valence-corrected chi connectivity index (χ0v) is 17.6. The molecular formula is C22H25N5OS. The van der Waals surface area contributed by atoms with Gasteiger partial charge in [-0.2, -0.15) is 0 Å². The van der Waals surface area contributed by atoms with Crippen LogP contribution in [0.25, 0.3) is 17.1 Å². The molecule has 0 saturated carbocycles. The normalized spacial score (nSPS) is 16.8. The Hall–Kier alpha value is -2.67. The number of likely N-dealkylation sites (tertiary alicyclic amines) is 1. The molecule has 4 rings (SSSR count). The third-order valence-electron chi connectivity index (χ3n) is 5.24. The monoisotopic (exact) mass is 407 g/mol. The van der Waals surface area contributed by atoms with Crippen LogP contribution in [0.15, 0.2) is 53.9 Å². The Kier molecular flexibility index (Phi) is 5.94. The fraction of sp³-hybridized carbons (Fsp3) is 0.364. The number of amides is 1. The molecule has 0 N–H and O–H groups in total. The third-order valence-corrected chi connectivity index (χ3v) is 6.16. The predicted octanol–water partition coefficient (Wildman–Crippen LogP) is 3.99. The smallest absolute Gasteiger partial charge is 0.233 e. The summed E-state index contributed by atoms with van der Waals surface area (Å²) in [4.78, 5) is 19.0. The van der Waals surface area contributed by atoms with E-state index in [1.807, 2.05) is 33.7 Å². The van der Waals surface area contributed by atoms with Gasteiger partial charge in [0.2, 0.25) is 5.91 Å². The van der Waals surface area contributed by atoms with Crippen LogP contribution in [0.4, 0.5) is 0 Å². The van der Waals surface area contributed by atoms with Crippen LogP contribution in [0.5, 0.6) is 0 Å². The molecule has 1 aliphatic rings. The van der Waals surface area contributed by atoms with Crippen LogP contribution in [0.3, 0.4) is 0 Å². The Bertz CT molecular complexity index is 988. The number of rotatable bonds is 5. The largest absolute Gasteiger partial charge is 0.342 e. The number of para-hydroxylation sites is 1. The van der Waals surface area contributed by atoms with E-state index < -0.39 is 0 Å². The molecule has 6 nitrogen and oxygen atoms in total. The lowest BCUT2D eigenvalue weighted by Crippen LogP contribution is -2.40. The Morgan fingerprint density at radius 2 is 2.07 bits per heavy atom. The van der Waals surface area contributed by atoms with Crippen molar-refractivity contribution in [2.75, 3.05) is 18.8 Å². The lowest BCUT2D eigenvalue weighted by Gasteiger charge is -2.30. The molecule has 0 aliphatic carbocycles. The van der Waals surface area contributed by atoms with Gasteiger partial charge in [0.05, 0.1) is 11.4 Å². The van der Waals surface area contributed by atoms with Gasteiger partial charge in [0.1, 0.15) is 0 Å². The maximum atomic E-state index is 12.7. The van der Waals surface area contributed by atoms with Gasteiger partial charge < -0.3 is 4.90 Å². The highest BCUT2D eigenvalue weighted by molar-refractivity contribution is 7.99. The molecule has 150 valence electrons. The van der Waals surface area contributed by atoms with Gasteiger partial charge in [-0.05, 0) is 49.4 Å². The zero-order valence-electron chi connectivity index (χ0n) is 16.8. The molecule has 1 aromatic carbocycles. The van der Waals surface area contributed by atoms with Crippen molar-refractivity contribution < 1.29 is 4.79 Å². The number of piperidine rings is 1. The number of hydrogen-bond donors (Lipinski definition) is 0. The quantitative estimate of drug-likeness (QED) is 0.599. The molecule has 1 fully saturated rings. The fourth-order valence-electron chi connectivity index (χ4n) is 3.71. The van der Waals surface area contributed by atoms with E-state index in [-0.39, 0.29) is 5.91 Å². The molecular weight excluding hydrogens is 382 g/mol. The minimum absolute atomic E-state index is 0.170. The Labute approximate surface area is 175 Å². The molecule has 2 aromatic heterocycles. The molecule has 0 spiro atoms. The van der Waals surface area contributed by atoms with Crippen molar-refractivity contribution in [3.63, 3.8) is 0 Å². The first-order chi connectivity index (χ1) is 14.1. The highest BCUT2D eigenvalue weighted by atomic mass is 32.2. The highest BCUT2D eigenvalue weighted by Crippen LogP contribution is 2.29. The van der Waals surface area contributed by atoms with Crippen LogP contribution < -0.4 is 0 Å². The molecule has 29 heavy (non-hydrogen) atoms. The van der Waals surface area contributed by atoms with E-state index in [9.17, 15) is 4.79 Å². The van der Waals surface area contributed by atoms with E-state index in [0.717, 1.165) is 47.3 Å². The summed E-state index contributed by atoms with van der Waals surface area (Å²) in [5.41, 5.74) is 3.03. The van der Waals surface area contributed by atoms with E-state index in [2.05, 4.69) is 41.2 Å². The first-order valence-electron chi connectivity index (χ1n) is 9.96. The summed E-state index contributed by atoms with van der Waals surface area (Å²) in [6.07, 6.45) is 5.81. The summed E-state index contributed by atoms with van der Waals surface area (Å²) < 4.78 is 2.03. The van der Waals surface area contributed by atoms with Crippen molar-refractivity contribution >= 4 is 17.7 Å². The summed E-state index contributed by atoms with van der Waals surface area (Å²) >= 11 is 1.45. The van der Waals surface area contributed by atoms with Gasteiger partial charge in [0.15, 0.2) is 11.0 Å². The van der Waals surface area contributed by atoms with Gasteiger partial charge >= 0.3 is 0 Å². The van der Waals surface area contributed by atoms with E-state index in [0.29, 0.717) is 11.7 Å². The lowest BCUT2D eigenvalue weighted by atomic mass is 10.0. The second-order valence-electron chi connectivity index (χ2n) is 7.55. The van der Waals surface area contributed by atoms with Gasteiger partial charge in [-0.1, -0.05) is 36.9 Å². The molecule has 3 heterocycles. The molecule has 1 saturated heterocycles. The van der Waals surface area contributed by atoms with Crippen molar-refractivity contribution in [3.05, 3.63) is 54.4 Å². The SMILES string of the molecule is Cc1ccccc1-n1c(SCC(=O)N2CCCC(C)C2)nnc1-c1cccnc1. The average molecular weight is 408 g/mol. The molecule has 0 bridgehead atoms. The Balaban J connectivity index is 1.63. The molecule has 0 radical (unpaired) electrons. The van der Waals surface area contributed by atoms with Crippen molar-refractivity contribution in [3.8, 4) is 17.1 Å². The van der Waals surface area contributed by atoms with E-state index >= 15 is 0 Å². The van der Waals surface area contributed by atoms with Crippen LogP contribution in [0, 0.1) is 12.8 Å². The first-order valence-corrected chi connectivity index (χ1v) is 10.9. The Morgan fingerprint density at radius 1 is 1.21 bits per heavy atom. The number of carbonyl (C=O) groups excluding carboxylic acids is 1. The van der Waals surface area contributed by atoms with Crippen LogP contribution in [0.2, 0.25) is 0 Å². The molecule has 1 amide bonds. The fourth-order valence-corrected chi connectivity index (χ4v) is 4.56. The molecule has 1 atom stereocenters. The predicted molar refractivity (Wildman–Crippen MR) is 115 cm³/mol. The summed E-state index contributed by atoms with van der Waals surface area (Å²) in [5, 5.41) is 9.57. The van der Waals surface area contributed by atoms with Gasteiger partial charge in [0, 0.05) is 31.0 Å². The molecule has 7 heteroatoms. The van der Waals surface area contributed by atoms with Crippen LogP contribution in [-0.4, -0.2) is 49.4 Å². The topological polar surface area (TPSA) is 63.9 Å². The molecule has 1 unspecified atom stereocenters. The van der Waals surface area contributed by atoms with Crippen LogP contribution >= 0.6 is 11.8 Å². The summed E-state index contributed by atoms with van der Waals surface area (Å²) in [6, 6.07) is 12.0. The number of nitrogens with zero attached hydrogens (tertiary/aromatic N) is 5. The number of carbonyl (C=O) groups is 1. The number of hydrogen-bond acceptors (Lipinski definition) is 5. The lowest BCUT2D eigenvalue weighted by molar-refractivity contribution is -0.130. The summed E-state index contributed by atoms with van der Waals surface area (Å²) in [5.74, 6) is 1.84. The number of benzene rings is 1. The van der Waals surface area contributed by atoms with E-state index in [1.165, 1.54) is 18.2 Å². The minimum atomic E-state index is 0.170. The van der Waals surface area contributed by atoms with Crippen molar-refractivity contribution in [2.24, 2.45) is 5.92 Å². The number of aryl methyl sites for hydroxylation is 1. The third kappa shape index (κ3) is 4.34. The van der Waals surface area contributed by atoms with Crippen molar-refractivity contribution in [2.45, 2.75) is 31.8 Å². The van der Waals surface area contributed by atoms with Crippen LogP contribution in [0.1, 0.15) is 25.3 Å². The van der Waals surface area contributed by atoms with Gasteiger partial charge in [-0.3, -0.25) is 14.3 Å². The van der Waals surface area contributed by atoms with Crippen molar-refractivity contribution in [1.29, 1.82) is 0 Å². The second-order valence-corrected chi connectivity index (χ2v) is 8.49. The molecule has 1 aliphatic heterocycles. The highest BCUT2D eigenvalue weighted by Gasteiger charge is 2.23. The number of aromatic nitrogens is 4. The number of pyridine rings is 1. The number of thioether (sulfide) groups is 1. The molecule has 3 aromatic rings. The minimum Gasteiger partial charge on any atom is -0.342 e. The average Bonchev–Trinajstić information content (AvgIpc) is 3.16. The van der Waals surface area contributed by atoms with Gasteiger partial charge in [-0.15, -0.1) is 10.2 Å². The van der Waals surface area contributed by atoms with Crippen LogP contribution in [-0.2, 0) is 4.79 Å². The second kappa shape index (κ2) is 8.78. The maximum absolute atomic E-state index is 12.7. The van der Waals surface area contributed by atoms with E-state index in [1.54, 1.807) is 12.4 Å². The van der Waals surface area contributed by atoms with Gasteiger partial charge in [-0.25, -0.2) is 0 Å². The maximum Gasteiger partial charge on any atom is 0.233 e. The first kappa shape index (κ1) is 19.6. The van der Waals surface area contributed by atoms with E-state index in [4.69, 9.17) is 0 Å². The Morgan fingerprint density at radius 3 is 2.83 bits per heavy atom. The van der Waals surface area contributed by atoms with Crippen molar-refractivity contribution in [1.82, 2.24) is 24.6 Å². The van der Waals surface area contributed by atoms with Gasteiger partial charge in [0.25, 0.3) is 0 Å². The standard InChI is InChI=1S/C22H25N5OS/c1-16-7-6-12-26(14-16)20(28)15-29-22-25-24-21(18-9-5-11-23-13-18)27(22)19-10-4-3-8-17(19)2/h3-5,8-11,13,16H,6-7,12,14-15H2,1-2H3. The summed E-state index contributed by atoms with van der Waals surface area (Å²) in [7, 11) is 0.